The van der Waals surface area contributed by atoms with Gasteiger partial charge >= 0.3 is 6.09 Å². The molecule has 0 fully saturated rings. The summed E-state index contributed by atoms with van der Waals surface area (Å²) < 4.78 is -1.57. The Morgan fingerprint density at radius 3 is 0.963 bits per heavy atom. The molecule has 2 atom stereocenters. The van der Waals surface area contributed by atoms with E-state index in [9.17, 15) is 19.5 Å². The molecular weight excluding hydrogens is 711 g/mol. The summed E-state index contributed by atoms with van der Waals surface area (Å²) in [5.74, 6) is -1.23. The minimum Gasteiger partial charge on any atom is -0.465 e. The number of nitrogens with one attached hydrogen (secondary N) is 2. The molecule has 272 valence electrons. The Morgan fingerprint density at radius 1 is 0.463 bits per heavy atom. The second-order valence-corrected chi connectivity index (χ2v) is 15.1. The first-order chi connectivity index (χ1) is 26.3. The number of primary amides is 1. The number of hydrogen-bond donors (Lipinski definition) is 4. The van der Waals surface area contributed by atoms with Crippen molar-refractivity contribution in [2.45, 2.75) is 21.6 Å². The largest absolute Gasteiger partial charge is 0.465 e. The highest BCUT2D eigenvalue weighted by Gasteiger charge is 2.41. The summed E-state index contributed by atoms with van der Waals surface area (Å²) in [6, 6.07) is 57.5. The molecule has 0 aromatic heterocycles. The number of nitrogens with two attached hydrogens (primary N) is 1. The van der Waals surface area contributed by atoms with Crippen LogP contribution in [0.4, 0.5) is 4.79 Å². The topological polar surface area (TPSA) is 122 Å². The quantitative estimate of drug-likeness (QED) is 0.0744. The van der Waals surface area contributed by atoms with Crippen molar-refractivity contribution in [1.29, 1.82) is 0 Å². The van der Waals surface area contributed by atoms with Crippen LogP contribution in [0.15, 0.2) is 182 Å². The molecule has 0 saturated heterocycles. The molecule has 0 bridgehead atoms. The molecule has 6 rings (SSSR count). The maximum absolute atomic E-state index is 14.2. The number of carbonyl (C=O) groups is 3. The summed E-state index contributed by atoms with van der Waals surface area (Å²) in [5.41, 5.74) is 11.9. The van der Waals surface area contributed by atoms with Gasteiger partial charge < -0.3 is 21.5 Å². The number of carbonyl (C=O) groups excluding carboxylic acids is 2. The summed E-state index contributed by atoms with van der Waals surface area (Å²) in [4.78, 5) is 39.5. The van der Waals surface area contributed by atoms with Crippen molar-refractivity contribution in [2.24, 2.45) is 5.73 Å². The van der Waals surface area contributed by atoms with Gasteiger partial charge in [0.25, 0.3) is 0 Å². The third-order valence-electron chi connectivity index (χ3n) is 9.29. The highest BCUT2D eigenvalue weighted by Crippen LogP contribution is 2.50. The van der Waals surface area contributed by atoms with Crippen molar-refractivity contribution in [3.05, 3.63) is 215 Å². The first-order valence-corrected chi connectivity index (χ1v) is 19.5. The monoisotopic (exact) mass is 751 g/mol. The first kappa shape index (κ1) is 38.0. The van der Waals surface area contributed by atoms with E-state index in [0.717, 1.165) is 33.4 Å². The third-order valence-corrected chi connectivity index (χ3v) is 12.6. The van der Waals surface area contributed by atoms with E-state index in [-0.39, 0.29) is 11.5 Å². The summed E-state index contributed by atoms with van der Waals surface area (Å²) in [6.07, 6.45) is -1.36. The summed E-state index contributed by atoms with van der Waals surface area (Å²) in [5, 5.41) is 15.2. The molecule has 0 spiro atoms. The van der Waals surface area contributed by atoms with E-state index in [1.165, 1.54) is 23.5 Å². The van der Waals surface area contributed by atoms with Crippen LogP contribution in [-0.2, 0) is 19.1 Å². The van der Waals surface area contributed by atoms with E-state index >= 15 is 0 Å². The van der Waals surface area contributed by atoms with Gasteiger partial charge in [-0.05, 0) is 33.4 Å². The van der Waals surface area contributed by atoms with Crippen LogP contribution in [0.1, 0.15) is 33.4 Å². The van der Waals surface area contributed by atoms with Crippen LogP contribution in [0, 0.1) is 0 Å². The molecule has 3 amide bonds. The molecule has 0 aliphatic carbocycles. The SMILES string of the molecule is NC(=O)C(CSC(c1ccccc1)(c1ccccc1)c1ccccc1)NC(=O)C(CSC(c1ccccc1)(c1ccccc1)c1ccccc1)NC(=O)O. The fraction of sp³-hybridized carbons (Fsp3) is 0.133. The van der Waals surface area contributed by atoms with Gasteiger partial charge in [0.1, 0.15) is 12.1 Å². The minimum absolute atomic E-state index is 0.0391. The zero-order valence-electron chi connectivity index (χ0n) is 29.5. The van der Waals surface area contributed by atoms with Crippen LogP contribution in [0.3, 0.4) is 0 Å². The fourth-order valence-corrected chi connectivity index (χ4v) is 9.89. The van der Waals surface area contributed by atoms with Gasteiger partial charge in [0.15, 0.2) is 0 Å². The molecule has 0 aliphatic rings. The molecule has 54 heavy (non-hydrogen) atoms. The van der Waals surface area contributed by atoms with Crippen molar-refractivity contribution >= 4 is 41.4 Å². The number of carboxylic acid groups (broad SMARTS) is 1. The number of hydrogen-bond acceptors (Lipinski definition) is 5. The molecule has 5 N–H and O–H groups in total. The zero-order chi connectivity index (χ0) is 37.8. The van der Waals surface area contributed by atoms with Gasteiger partial charge in [-0.2, -0.15) is 0 Å². The number of thioether (sulfide) groups is 2. The molecule has 6 aromatic carbocycles. The molecule has 9 heteroatoms. The lowest BCUT2D eigenvalue weighted by Gasteiger charge is -2.37. The van der Waals surface area contributed by atoms with Crippen molar-refractivity contribution in [1.82, 2.24) is 10.6 Å². The van der Waals surface area contributed by atoms with Crippen LogP contribution >= 0.6 is 23.5 Å². The molecule has 0 radical (unpaired) electrons. The average molecular weight is 752 g/mol. The van der Waals surface area contributed by atoms with Gasteiger partial charge in [0, 0.05) is 11.5 Å². The predicted molar refractivity (Wildman–Crippen MR) is 219 cm³/mol. The van der Waals surface area contributed by atoms with Crippen LogP contribution in [0.25, 0.3) is 0 Å². The van der Waals surface area contributed by atoms with Crippen molar-refractivity contribution in [2.75, 3.05) is 11.5 Å². The molecule has 0 aliphatic heterocycles. The zero-order valence-corrected chi connectivity index (χ0v) is 31.1. The lowest BCUT2D eigenvalue weighted by molar-refractivity contribution is -0.127. The molecule has 6 aromatic rings. The van der Waals surface area contributed by atoms with Crippen LogP contribution < -0.4 is 16.4 Å². The van der Waals surface area contributed by atoms with Crippen LogP contribution in [0.2, 0.25) is 0 Å². The lowest BCUT2D eigenvalue weighted by atomic mass is 9.84. The molecular formula is C45H41N3O4S2. The Balaban J connectivity index is 1.32. The Bertz CT molecular complexity index is 1910. The Hall–Kier alpha value is -5.77. The molecule has 2 unspecified atom stereocenters. The smallest absolute Gasteiger partial charge is 0.405 e. The van der Waals surface area contributed by atoms with E-state index in [1.807, 2.05) is 182 Å². The Labute approximate surface area is 324 Å². The predicted octanol–water partition coefficient (Wildman–Crippen LogP) is 8.04. The van der Waals surface area contributed by atoms with E-state index < -0.39 is 39.5 Å². The average Bonchev–Trinajstić information content (AvgIpc) is 3.22. The van der Waals surface area contributed by atoms with Crippen LogP contribution in [-0.4, -0.2) is 46.6 Å². The fourth-order valence-electron chi connectivity index (χ4n) is 6.75. The maximum atomic E-state index is 14.2. The second-order valence-electron chi connectivity index (χ2n) is 12.6. The van der Waals surface area contributed by atoms with Gasteiger partial charge in [-0.25, -0.2) is 4.79 Å². The molecule has 0 saturated carbocycles. The highest BCUT2D eigenvalue weighted by molar-refractivity contribution is 8.01. The van der Waals surface area contributed by atoms with E-state index in [2.05, 4.69) is 10.6 Å². The van der Waals surface area contributed by atoms with Gasteiger partial charge in [-0.3, -0.25) is 9.59 Å². The minimum atomic E-state index is -1.36. The number of amides is 3. The molecule has 7 nitrogen and oxygen atoms in total. The number of rotatable bonds is 16. The maximum Gasteiger partial charge on any atom is 0.405 e. The Morgan fingerprint density at radius 2 is 0.722 bits per heavy atom. The van der Waals surface area contributed by atoms with Gasteiger partial charge in [0.2, 0.25) is 11.8 Å². The standard InChI is InChI=1S/C45H41N3O4S2/c46-41(49)39(31-53-44(33-19-7-1-8-20-33,34-21-9-2-10-22-34)35-23-11-3-12-24-35)47-42(50)40(48-43(51)52)32-54-45(36-25-13-4-14-26-36,37-27-15-5-16-28-37)38-29-17-6-18-30-38/h1-30,39-40,48H,31-32H2,(H2,46,49)(H,47,50)(H,51,52). The van der Waals surface area contributed by atoms with E-state index in [1.54, 1.807) is 0 Å². The summed E-state index contributed by atoms with van der Waals surface area (Å²) in [6.45, 7) is 0. The second kappa shape index (κ2) is 17.8. The van der Waals surface area contributed by atoms with Gasteiger partial charge in [0.05, 0.1) is 9.49 Å². The number of benzene rings is 6. The molecule has 0 heterocycles. The van der Waals surface area contributed by atoms with Gasteiger partial charge in [-0.15, -0.1) is 23.5 Å². The van der Waals surface area contributed by atoms with E-state index in [4.69, 9.17) is 5.73 Å². The highest BCUT2D eigenvalue weighted by atomic mass is 32.2. The summed E-state index contributed by atoms with van der Waals surface area (Å²) in [7, 11) is 0. The van der Waals surface area contributed by atoms with Crippen LogP contribution in [0.5, 0.6) is 0 Å². The van der Waals surface area contributed by atoms with Crippen molar-refractivity contribution < 1.29 is 19.5 Å². The normalized spacial score (nSPS) is 12.6. The Kier molecular flexibility index (Phi) is 12.5. The van der Waals surface area contributed by atoms with E-state index in [0.29, 0.717) is 0 Å². The third kappa shape index (κ3) is 8.38. The van der Waals surface area contributed by atoms with Crippen molar-refractivity contribution in [3.63, 3.8) is 0 Å². The summed E-state index contributed by atoms with van der Waals surface area (Å²) >= 11 is 2.93. The first-order valence-electron chi connectivity index (χ1n) is 17.5. The lowest BCUT2D eigenvalue weighted by Crippen LogP contribution is -2.55. The van der Waals surface area contributed by atoms with Gasteiger partial charge in [-0.1, -0.05) is 182 Å². The van der Waals surface area contributed by atoms with Crippen molar-refractivity contribution in [3.8, 4) is 0 Å².